The molecular weight excluding hydrogens is 410 g/mol. The molecule has 0 N–H and O–H groups in total. The number of rotatable bonds is 2. The lowest BCUT2D eigenvalue weighted by Gasteiger charge is -2.07. The highest BCUT2D eigenvalue weighted by atomic mass is 127. The van der Waals surface area contributed by atoms with Crippen molar-refractivity contribution >= 4 is 51.2 Å². The Kier molecular flexibility index (Phi) is 4.42. The average molecular weight is 418 g/mol. The average Bonchev–Trinajstić information content (AvgIpc) is 2.20. The Morgan fingerprint density at radius 3 is 2.43 bits per heavy atom. The van der Waals surface area contributed by atoms with Crippen molar-refractivity contribution in [2.24, 2.45) is 0 Å². The molecule has 1 rings (SSSR count). The first-order chi connectivity index (χ1) is 6.60. The van der Waals surface area contributed by atoms with Gasteiger partial charge in [-0.2, -0.15) is 0 Å². The van der Waals surface area contributed by atoms with Crippen molar-refractivity contribution in [1.82, 2.24) is 0 Å². The summed E-state index contributed by atoms with van der Waals surface area (Å²) in [4.78, 5) is 11.3. The normalized spacial score (nSPS) is 9.71. The number of carbonyl (C=O) groups is 1. The Labute approximate surface area is 109 Å². The molecule has 3 nitrogen and oxygen atoms in total. The monoisotopic (exact) mass is 418 g/mol. The summed E-state index contributed by atoms with van der Waals surface area (Å²) in [6.07, 6.45) is 0. The summed E-state index contributed by atoms with van der Waals surface area (Å²) in [5.41, 5.74) is 0.508. The van der Waals surface area contributed by atoms with E-state index in [1.807, 2.05) is 0 Å². The van der Waals surface area contributed by atoms with E-state index in [0.29, 0.717) is 11.3 Å². The van der Waals surface area contributed by atoms with Gasteiger partial charge < -0.3 is 9.47 Å². The number of methoxy groups -OCH3 is 2. The van der Waals surface area contributed by atoms with Crippen LogP contribution in [0.15, 0.2) is 12.1 Å². The highest BCUT2D eigenvalue weighted by Crippen LogP contribution is 2.27. The third kappa shape index (κ3) is 2.50. The van der Waals surface area contributed by atoms with Crippen molar-refractivity contribution in [1.29, 1.82) is 0 Å². The van der Waals surface area contributed by atoms with Crippen LogP contribution < -0.4 is 4.74 Å². The van der Waals surface area contributed by atoms with E-state index in [9.17, 15) is 4.79 Å². The van der Waals surface area contributed by atoms with Crippen LogP contribution >= 0.6 is 45.2 Å². The largest absolute Gasteiger partial charge is 0.496 e. The summed E-state index contributed by atoms with van der Waals surface area (Å²) in [7, 11) is 2.94. The van der Waals surface area contributed by atoms with E-state index >= 15 is 0 Å². The zero-order valence-electron chi connectivity index (χ0n) is 7.64. The minimum Gasteiger partial charge on any atom is -0.496 e. The molecule has 0 aromatic heterocycles. The molecular formula is C9H8I2O3. The smallest absolute Gasteiger partial charge is 0.338 e. The summed E-state index contributed by atoms with van der Waals surface area (Å²) in [5.74, 6) is 0.343. The van der Waals surface area contributed by atoms with Gasteiger partial charge >= 0.3 is 5.97 Å². The molecule has 0 atom stereocenters. The Morgan fingerprint density at radius 1 is 1.29 bits per heavy atom. The molecule has 0 spiro atoms. The van der Waals surface area contributed by atoms with Crippen molar-refractivity contribution in [3.63, 3.8) is 0 Å². The number of hydrogen-bond donors (Lipinski definition) is 0. The summed E-state index contributed by atoms with van der Waals surface area (Å²) in [6, 6.07) is 3.45. The lowest BCUT2D eigenvalue weighted by Crippen LogP contribution is -2.03. The Hall–Kier alpha value is -0.0500. The fourth-order valence-electron chi connectivity index (χ4n) is 0.948. The van der Waals surface area contributed by atoms with Crippen molar-refractivity contribution < 1.29 is 14.3 Å². The molecule has 0 bridgehead atoms. The maximum absolute atomic E-state index is 11.3. The first-order valence-electron chi connectivity index (χ1n) is 3.71. The lowest BCUT2D eigenvalue weighted by atomic mass is 10.2. The topological polar surface area (TPSA) is 35.5 Å². The SMILES string of the molecule is COC(=O)c1cc(I)c(I)c(OC)c1. The molecule has 76 valence electrons. The van der Waals surface area contributed by atoms with Crippen LogP contribution in [-0.2, 0) is 4.74 Å². The second-order valence-electron chi connectivity index (χ2n) is 2.47. The molecule has 0 aliphatic rings. The second kappa shape index (κ2) is 5.15. The predicted octanol–water partition coefficient (Wildman–Crippen LogP) is 2.69. The van der Waals surface area contributed by atoms with E-state index in [1.165, 1.54) is 7.11 Å². The maximum Gasteiger partial charge on any atom is 0.338 e. The predicted molar refractivity (Wildman–Crippen MR) is 69.8 cm³/mol. The third-order valence-corrected chi connectivity index (χ3v) is 4.63. The van der Waals surface area contributed by atoms with E-state index in [0.717, 1.165) is 7.14 Å². The van der Waals surface area contributed by atoms with E-state index < -0.39 is 0 Å². The fourth-order valence-corrected chi connectivity index (χ4v) is 2.08. The summed E-state index contributed by atoms with van der Waals surface area (Å²) >= 11 is 4.33. The minimum absolute atomic E-state index is 0.349. The molecule has 0 heterocycles. The van der Waals surface area contributed by atoms with Gasteiger partial charge in [0.2, 0.25) is 0 Å². The van der Waals surface area contributed by atoms with Crippen LogP contribution in [0.1, 0.15) is 10.4 Å². The zero-order chi connectivity index (χ0) is 10.7. The molecule has 1 aromatic carbocycles. The maximum atomic E-state index is 11.3. The third-order valence-electron chi connectivity index (χ3n) is 1.64. The van der Waals surface area contributed by atoms with Crippen molar-refractivity contribution in [3.8, 4) is 5.75 Å². The molecule has 0 radical (unpaired) electrons. The lowest BCUT2D eigenvalue weighted by molar-refractivity contribution is 0.0600. The van der Waals surface area contributed by atoms with Gasteiger partial charge in [-0.3, -0.25) is 0 Å². The van der Waals surface area contributed by atoms with Gasteiger partial charge in [-0.15, -0.1) is 0 Å². The Balaban J connectivity index is 3.22. The highest BCUT2D eigenvalue weighted by Gasteiger charge is 2.12. The van der Waals surface area contributed by atoms with E-state index in [1.54, 1.807) is 19.2 Å². The van der Waals surface area contributed by atoms with E-state index in [-0.39, 0.29) is 5.97 Å². The summed E-state index contributed by atoms with van der Waals surface area (Å²) < 4.78 is 11.7. The summed E-state index contributed by atoms with van der Waals surface area (Å²) in [5, 5.41) is 0. The molecule has 5 heteroatoms. The van der Waals surface area contributed by atoms with Gasteiger partial charge in [-0.25, -0.2) is 4.79 Å². The van der Waals surface area contributed by atoms with E-state index in [2.05, 4.69) is 49.9 Å². The standard InChI is InChI=1S/C9H8I2O3/c1-13-7-4-5(9(12)14-2)3-6(10)8(7)11/h3-4H,1-2H3. The van der Waals surface area contributed by atoms with Crippen LogP contribution in [0.5, 0.6) is 5.75 Å². The van der Waals surface area contributed by atoms with Crippen LogP contribution in [0.3, 0.4) is 0 Å². The van der Waals surface area contributed by atoms with Gasteiger partial charge in [-0.05, 0) is 57.3 Å². The Morgan fingerprint density at radius 2 is 1.93 bits per heavy atom. The number of carbonyl (C=O) groups excluding carboxylic acids is 1. The van der Waals surface area contributed by atoms with E-state index in [4.69, 9.17) is 4.74 Å². The molecule has 0 saturated carbocycles. The number of benzene rings is 1. The fraction of sp³-hybridized carbons (Fsp3) is 0.222. The van der Waals surface area contributed by atoms with Crippen LogP contribution in [0, 0.1) is 7.14 Å². The number of hydrogen-bond acceptors (Lipinski definition) is 3. The van der Waals surface area contributed by atoms with Gasteiger partial charge in [0.15, 0.2) is 0 Å². The number of ether oxygens (including phenoxy) is 2. The van der Waals surface area contributed by atoms with Gasteiger partial charge in [0.25, 0.3) is 0 Å². The Bertz CT molecular complexity index is 363. The number of esters is 1. The first kappa shape index (κ1) is 12.0. The quantitative estimate of drug-likeness (QED) is 0.548. The summed E-state index contributed by atoms with van der Waals surface area (Å²) in [6.45, 7) is 0. The second-order valence-corrected chi connectivity index (χ2v) is 4.71. The van der Waals surface area contributed by atoms with Crippen LogP contribution in [0.2, 0.25) is 0 Å². The minimum atomic E-state index is -0.349. The highest BCUT2D eigenvalue weighted by molar-refractivity contribution is 14.1. The van der Waals surface area contributed by atoms with Crippen LogP contribution in [0.4, 0.5) is 0 Å². The van der Waals surface area contributed by atoms with Gasteiger partial charge in [0, 0.05) is 3.57 Å². The van der Waals surface area contributed by atoms with Crippen LogP contribution in [0.25, 0.3) is 0 Å². The molecule has 0 unspecified atom stereocenters. The van der Waals surface area contributed by atoms with Crippen molar-refractivity contribution in [3.05, 3.63) is 24.8 Å². The molecule has 0 aliphatic heterocycles. The van der Waals surface area contributed by atoms with Crippen molar-refractivity contribution in [2.75, 3.05) is 14.2 Å². The van der Waals surface area contributed by atoms with Crippen molar-refractivity contribution in [2.45, 2.75) is 0 Å². The zero-order valence-corrected chi connectivity index (χ0v) is 12.0. The molecule has 14 heavy (non-hydrogen) atoms. The molecule has 0 amide bonds. The first-order valence-corrected chi connectivity index (χ1v) is 5.87. The van der Waals surface area contributed by atoms with Crippen LogP contribution in [-0.4, -0.2) is 20.2 Å². The van der Waals surface area contributed by atoms with Gasteiger partial charge in [0.05, 0.1) is 23.4 Å². The van der Waals surface area contributed by atoms with Gasteiger partial charge in [-0.1, -0.05) is 0 Å². The molecule has 1 aromatic rings. The molecule has 0 fully saturated rings. The molecule has 0 saturated heterocycles. The van der Waals surface area contributed by atoms with Gasteiger partial charge in [0.1, 0.15) is 5.75 Å². The molecule has 0 aliphatic carbocycles. The number of halogens is 2.